The number of Topliss-reactive ketones (excluding diaryl/α,β-unsaturated/α-hetero) is 1. The monoisotopic (exact) mass is 533 g/mol. The van der Waals surface area contributed by atoms with E-state index in [0.717, 1.165) is 12.1 Å². The molecule has 0 fully saturated rings. The zero-order valence-electron chi connectivity index (χ0n) is 20.4. The number of aromatic nitrogens is 3. The van der Waals surface area contributed by atoms with Gasteiger partial charge in [0.15, 0.2) is 10.9 Å². The Morgan fingerprint density at radius 2 is 1.68 bits per heavy atom. The molecule has 12 heteroatoms. The lowest BCUT2D eigenvalue weighted by Crippen LogP contribution is -2.25. The van der Waals surface area contributed by atoms with Gasteiger partial charge in [0.25, 0.3) is 0 Å². The molecule has 8 nitrogen and oxygen atoms in total. The SMILES string of the molecule is CC[C@@H](Sc1nnc(CC(=O)Nc2cccc(C(F)(F)F)c2)n1CC)C(=O)Nc1cccc(C(C)=O)c1. The van der Waals surface area contributed by atoms with Crippen molar-refractivity contribution in [1.29, 1.82) is 0 Å². The fourth-order valence-corrected chi connectivity index (χ4v) is 4.50. The molecular weight excluding hydrogens is 507 g/mol. The summed E-state index contributed by atoms with van der Waals surface area (Å²) in [5.74, 6) is -0.618. The van der Waals surface area contributed by atoms with Crippen LogP contribution in [-0.2, 0) is 28.7 Å². The number of rotatable bonds is 10. The Kier molecular flexibility index (Phi) is 9.09. The number of benzene rings is 2. The normalized spacial score (nSPS) is 12.2. The summed E-state index contributed by atoms with van der Waals surface area (Å²) < 4.78 is 40.5. The first kappa shape index (κ1) is 27.9. The van der Waals surface area contributed by atoms with E-state index in [1.807, 2.05) is 13.8 Å². The number of carbonyl (C=O) groups excluding carboxylic acids is 3. The Morgan fingerprint density at radius 3 is 2.30 bits per heavy atom. The van der Waals surface area contributed by atoms with E-state index in [9.17, 15) is 27.6 Å². The number of amides is 2. The zero-order chi connectivity index (χ0) is 27.2. The van der Waals surface area contributed by atoms with Crippen molar-refractivity contribution < 1.29 is 27.6 Å². The van der Waals surface area contributed by atoms with Gasteiger partial charge in [-0.2, -0.15) is 13.2 Å². The van der Waals surface area contributed by atoms with Gasteiger partial charge in [0, 0.05) is 23.5 Å². The Hall–Kier alpha value is -3.67. The summed E-state index contributed by atoms with van der Waals surface area (Å²) >= 11 is 1.19. The van der Waals surface area contributed by atoms with E-state index < -0.39 is 22.9 Å². The number of hydrogen-bond donors (Lipinski definition) is 2. The smallest absolute Gasteiger partial charge is 0.326 e. The van der Waals surface area contributed by atoms with E-state index in [0.29, 0.717) is 35.2 Å². The summed E-state index contributed by atoms with van der Waals surface area (Å²) in [5.41, 5.74) is 0.143. The van der Waals surface area contributed by atoms with Gasteiger partial charge in [-0.1, -0.05) is 36.9 Å². The quantitative estimate of drug-likeness (QED) is 0.274. The van der Waals surface area contributed by atoms with E-state index in [-0.39, 0.29) is 23.8 Å². The summed E-state index contributed by atoms with van der Waals surface area (Å²) in [6.07, 6.45) is -4.25. The Labute approximate surface area is 216 Å². The highest BCUT2D eigenvalue weighted by atomic mass is 32.2. The van der Waals surface area contributed by atoms with Gasteiger partial charge in [-0.05, 0) is 50.6 Å². The van der Waals surface area contributed by atoms with Gasteiger partial charge >= 0.3 is 6.18 Å². The lowest BCUT2D eigenvalue weighted by atomic mass is 10.1. The van der Waals surface area contributed by atoms with E-state index in [2.05, 4.69) is 20.8 Å². The second-order valence-electron chi connectivity index (χ2n) is 8.09. The molecule has 0 aliphatic heterocycles. The lowest BCUT2D eigenvalue weighted by molar-refractivity contribution is -0.137. The maximum Gasteiger partial charge on any atom is 0.416 e. The van der Waals surface area contributed by atoms with Crippen LogP contribution in [0.3, 0.4) is 0 Å². The average molecular weight is 534 g/mol. The van der Waals surface area contributed by atoms with Crippen LogP contribution in [0.5, 0.6) is 0 Å². The Balaban J connectivity index is 1.68. The average Bonchev–Trinajstić information content (AvgIpc) is 3.22. The standard InChI is InChI=1S/C25H26F3N5O3S/c1-4-20(23(36)30-18-10-6-8-16(12-18)15(3)34)37-24-32-31-21(33(24)5-2)14-22(35)29-19-11-7-9-17(13-19)25(26,27)28/h6-13,20H,4-5,14H2,1-3H3,(H,29,35)(H,30,36)/t20-/m1/s1. The van der Waals surface area contributed by atoms with Crippen LogP contribution in [-0.4, -0.2) is 37.6 Å². The maximum atomic E-state index is 12.9. The molecule has 0 saturated heterocycles. The highest BCUT2D eigenvalue weighted by Crippen LogP contribution is 2.31. The molecule has 0 unspecified atom stereocenters. The molecule has 0 radical (unpaired) electrons. The molecule has 0 saturated carbocycles. The minimum absolute atomic E-state index is 0.0218. The van der Waals surface area contributed by atoms with Gasteiger partial charge in [-0.25, -0.2) is 0 Å². The Morgan fingerprint density at radius 1 is 1.00 bits per heavy atom. The van der Waals surface area contributed by atoms with Crippen LogP contribution in [0, 0.1) is 0 Å². The van der Waals surface area contributed by atoms with Crippen LogP contribution < -0.4 is 10.6 Å². The summed E-state index contributed by atoms with van der Waals surface area (Å²) in [6.45, 7) is 5.54. The third kappa shape index (κ3) is 7.42. The van der Waals surface area contributed by atoms with Crippen molar-refractivity contribution in [3.63, 3.8) is 0 Å². The molecule has 196 valence electrons. The number of alkyl halides is 3. The van der Waals surface area contributed by atoms with Gasteiger partial charge in [-0.3, -0.25) is 14.4 Å². The summed E-state index contributed by atoms with van der Waals surface area (Å²) in [7, 11) is 0. The van der Waals surface area contributed by atoms with Crippen molar-refractivity contribution in [2.45, 2.75) is 56.7 Å². The Bertz CT molecular complexity index is 1290. The molecule has 0 bridgehead atoms. The second kappa shape index (κ2) is 12.0. The number of nitrogens with one attached hydrogen (secondary N) is 2. The summed E-state index contributed by atoms with van der Waals surface area (Å²) in [5, 5.41) is 13.4. The topological polar surface area (TPSA) is 106 Å². The molecule has 3 aromatic rings. The van der Waals surface area contributed by atoms with Crippen molar-refractivity contribution in [2.75, 3.05) is 10.6 Å². The van der Waals surface area contributed by atoms with Crippen LogP contribution >= 0.6 is 11.8 Å². The molecule has 2 amide bonds. The minimum atomic E-state index is -4.52. The van der Waals surface area contributed by atoms with E-state index in [4.69, 9.17) is 0 Å². The molecule has 3 rings (SSSR count). The van der Waals surface area contributed by atoms with Crippen molar-refractivity contribution in [3.8, 4) is 0 Å². The largest absolute Gasteiger partial charge is 0.416 e. The van der Waals surface area contributed by atoms with Crippen molar-refractivity contribution in [3.05, 3.63) is 65.5 Å². The first-order chi connectivity index (χ1) is 17.5. The lowest BCUT2D eigenvalue weighted by Gasteiger charge is -2.15. The van der Waals surface area contributed by atoms with Crippen molar-refractivity contribution in [1.82, 2.24) is 14.8 Å². The van der Waals surface area contributed by atoms with Gasteiger partial charge in [-0.15, -0.1) is 10.2 Å². The molecule has 2 N–H and O–H groups in total. The van der Waals surface area contributed by atoms with Crippen molar-refractivity contribution in [2.24, 2.45) is 0 Å². The van der Waals surface area contributed by atoms with Gasteiger partial charge in [0.2, 0.25) is 11.8 Å². The first-order valence-corrected chi connectivity index (χ1v) is 12.4. The molecule has 0 aliphatic carbocycles. The molecule has 2 aromatic carbocycles. The number of thioether (sulfide) groups is 1. The number of hydrogen-bond acceptors (Lipinski definition) is 6. The third-order valence-electron chi connectivity index (χ3n) is 5.35. The minimum Gasteiger partial charge on any atom is -0.326 e. The predicted octanol–water partition coefficient (Wildman–Crippen LogP) is 5.21. The molecule has 0 spiro atoms. The van der Waals surface area contributed by atoms with Crippen LogP contribution in [0.4, 0.5) is 24.5 Å². The molecule has 37 heavy (non-hydrogen) atoms. The highest BCUT2D eigenvalue weighted by Gasteiger charge is 2.30. The van der Waals surface area contributed by atoms with Gasteiger partial charge in [0.1, 0.15) is 5.82 Å². The van der Waals surface area contributed by atoms with E-state index in [1.54, 1.807) is 28.8 Å². The first-order valence-electron chi connectivity index (χ1n) is 11.5. The molecule has 0 aliphatic rings. The summed E-state index contributed by atoms with van der Waals surface area (Å²) in [6, 6.07) is 11.0. The number of carbonyl (C=O) groups is 3. The zero-order valence-corrected chi connectivity index (χ0v) is 21.2. The van der Waals surface area contributed by atoms with Crippen LogP contribution in [0.15, 0.2) is 53.7 Å². The number of anilines is 2. The molecule has 1 heterocycles. The molecular formula is C25H26F3N5O3S. The summed E-state index contributed by atoms with van der Waals surface area (Å²) in [4.78, 5) is 37.0. The maximum absolute atomic E-state index is 12.9. The van der Waals surface area contributed by atoms with Crippen LogP contribution in [0.2, 0.25) is 0 Å². The van der Waals surface area contributed by atoms with Gasteiger partial charge in [0.05, 0.1) is 17.2 Å². The molecule has 1 atom stereocenters. The number of nitrogens with zero attached hydrogens (tertiary/aromatic N) is 3. The second-order valence-corrected chi connectivity index (χ2v) is 9.26. The molecule has 1 aromatic heterocycles. The highest BCUT2D eigenvalue weighted by molar-refractivity contribution is 8.00. The van der Waals surface area contributed by atoms with E-state index >= 15 is 0 Å². The van der Waals surface area contributed by atoms with E-state index in [1.165, 1.54) is 30.8 Å². The van der Waals surface area contributed by atoms with Crippen LogP contribution in [0.25, 0.3) is 0 Å². The number of ketones is 1. The number of halogens is 3. The predicted molar refractivity (Wildman–Crippen MR) is 134 cm³/mol. The fourth-order valence-electron chi connectivity index (χ4n) is 3.46. The third-order valence-corrected chi connectivity index (χ3v) is 6.69. The van der Waals surface area contributed by atoms with Crippen molar-refractivity contribution >= 4 is 40.7 Å². The fraction of sp³-hybridized carbons (Fsp3) is 0.320. The van der Waals surface area contributed by atoms with Gasteiger partial charge < -0.3 is 15.2 Å². The van der Waals surface area contributed by atoms with Crippen LogP contribution in [0.1, 0.15) is 48.9 Å².